The van der Waals surface area contributed by atoms with Crippen LogP contribution in [0, 0.1) is 10.8 Å². The maximum absolute atomic E-state index is 13.1. The van der Waals surface area contributed by atoms with Gasteiger partial charge < -0.3 is 23.5 Å². The summed E-state index contributed by atoms with van der Waals surface area (Å²) in [4.78, 5) is 15.3. The molecule has 37 heavy (non-hydrogen) atoms. The molecular formula is C30H37NO5Si. The first-order valence-corrected chi connectivity index (χ1v) is 13.4. The minimum atomic E-state index is -0.907. The first-order valence-electron chi connectivity index (χ1n) is 12.6. The molecule has 1 aliphatic rings. The van der Waals surface area contributed by atoms with E-state index in [4.69, 9.17) is 18.6 Å². The van der Waals surface area contributed by atoms with Crippen LogP contribution >= 0.6 is 0 Å². The summed E-state index contributed by atoms with van der Waals surface area (Å²) in [6, 6.07) is 23.9. The Labute approximate surface area is 223 Å². The zero-order valence-corrected chi connectivity index (χ0v) is 24.8. The Morgan fingerprint density at radius 3 is 1.89 bits per heavy atom. The van der Waals surface area contributed by atoms with E-state index in [9.17, 15) is 4.79 Å². The second kappa shape index (κ2) is 10.2. The summed E-state index contributed by atoms with van der Waals surface area (Å²) in [5.41, 5.74) is 0.780. The van der Waals surface area contributed by atoms with Crippen molar-refractivity contribution in [2.24, 2.45) is 10.8 Å². The molecule has 0 radical (unpaired) electrons. The smallest absolute Gasteiger partial charge is 0.315 e. The largest absolute Gasteiger partial charge is 0.492 e. The molecule has 0 spiro atoms. The number of rotatable bonds is 8. The highest BCUT2D eigenvalue weighted by Crippen LogP contribution is 2.54. The number of fused-ring (bicyclic) bond motifs is 2. The molecule has 2 atom stereocenters. The molecular weight excluding hydrogens is 482 g/mol. The fourth-order valence-corrected chi connectivity index (χ4v) is 5.82. The van der Waals surface area contributed by atoms with E-state index in [1.807, 2.05) is 95.3 Å². The zero-order chi connectivity index (χ0) is 26.8. The lowest BCUT2D eigenvalue weighted by molar-refractivity contribution is -0.182. The van der Waals surface area contributed by atoms with Gasteiger partial charge in [0.15, 0.2) is 11.5 Å². The van der Waals surface area contributed by atoms with Gasteiger partial charge in [0, 0.05) is 0 Å². The van der Waals surface area contributed by atoms with Crippen molar-refractivity contribution in [2.75, 3.05) is 25.2 Å². The number of benzene rings is 3. The molecule has 0 saturated carbocycles. The van der Waals surface area contributed by atoms with Crippen molar-refractivity contribution in [3.8, 4) is 17.2 Å². The van der Waals surface area contributed by atoms with Crippen LogP contribution < -0.4 is 14.4 Å². The van der Waals surface area contributed by atoms with Gasteiger partial charge in [-0.05, 0) is 61.2 Å². The zero-order valence-electron chi connectivity index (χ0n) is 22.8. The van der Waals surface area contributed by atoms with E-state index in [2.05, 4.69) is 17.0 Å². The van der Waals surface area contributed by atoms with E-state index in [0.717, 1.165) is 34.2 Å². The predicted molar refractivity (Wildman–Crippen MR) is 150 cm³/mol. The van der Waals surface area contributed by atoms with Gasteiger partial charge in [0.25, 0.3) is 0 Å². The molecule has 0 bridgehead atoms. The maximum atomic E-state index is 13.1. The summed E-state index contributed by atoms with van der Waals surface area (Å²) >= 11 is 0. The van der Waals surface area contributed by atoms with Crippen molar-refractivity contribution in [2.45, 2.75) is 40.2 Å². The standard InChI is InChI=1S/C30H37NO5Si/c1-28(2,3)29(4,27(32)33-6)30(5,36-37)21-15-17-22(18-16-21)34-20-19-31-23-11-7-9-13-25(23)35-26-14-10-8-12-24(26)31/h7-18H,19-20H2,1-6,37H3/t29?,30-/m0/s1. The van der Waals surface area contributed by atoms with Crippen LogP contribution in [0.25, 0.3) is 0 Å². The number of ether oxygens (including phenoxy) is 3. The first-order chi connectivity index (χ1) is 17.6. The van der Waals surface area contributed by atoms with Gasteiger partial charge in [-0.3, -0.25) is 4.79 Å². The normalized spacial score (nSPS) is 16.0. The number of para-hydroxylation sites is 4. The van der Waals surface area contributed by atoms with Gasteiger partial charge in [-0.1, -0.05) is 57.2 Å². The van der Waals surface area contributed by atoms with Gasteiger partial charge in [-0.15, -0.1) is 0 Å². The fourth-order valence-electron chi connectivity index (χ4n) is 5.18. The first kappa shape index (κ1) is 26.8. The molecule has 6 nitrogen and oxygen atoms in total. The predicted octanol–water partition coefficient (Wildman–Crippen LogP) is 5.75. The van der Waals surface area contributed by atoms with Crippen LogP contribution in [0.5, 0.6) is 17.2 Å². The van der Waals surface area contributed by atoms with Gasteiger partial charge in [-0.25, -0.2) is 0 Å². The van der Waals surface area contributed by atoms with Crippen molar-refractivity contribution < 1.29 is 23.4 Å². The van der Waals surface area contributed by atoms with Gasteiger partial charge in [-0.2, -0.15) is 0 Å². The summed E-state index contributed by atoms with van der Waals surface area (Å²) in [5, 5.41) is 0. The molecule has 1 unspecified atom stereocenters. The van der Waals surface area contributed by atoms with Gasteiger partial charge in [0.1, 0.15) is 28.3 Å². The van der Waals surface area contributed by atoms with Crippen LogP contribution in [0.4, 0.5) is 11.4 Å². The molecule has 1 heterocycles. The molecule has 196 valence electrons. The van der Waals surface area contributed by atoms with Gasteiger partial charge in [0.05, 0.1) is 30.6 Å². The van der Waals surface area contributed by atoms with Gasteiger partial charge >= 0.3 is 5.97 Å². The second-order valence-corrected chi connectivity index (χ2v) is 11.1. The summed E-state index contributed by atoms with van der Waals surface area (Å²) < 4.78 is 23.7. The SMILES string of the molecule is COC(=O)C(C)(C(C)(C)C)[C@@](C)(O[SiH3])c1ccc(OCCN2c3ccccc3Oc3ccccc32)cc1. The lowest BCUT2D eigenvalue weighted by Gasteiger charge is -2.51. The Bertz CT molecular complexity index is 1210. The molecule has 0 N–H and O–H groups in total. The van der Waals surface area contributed by atoms with Crippen LogP contribution in [0.1, 0.15) is 40.2 Å². The summed E-state index contributed by atoms with van der Waals surface area (Å²) in [6.07, 6.45) is 0. The molecule has 3 aromatic carbocycles. The maximum Gasteiger partial charge on any atom is 0.315 e. The van der Waals surface area contributed by atoms with E-state index >= 15 is 0 Å². The third-order valence-electron chi connectivity index (χ3n) is 7.98. The third-order valence-corrected chi connectivity index (χ3v) is 8.79. The molecule has 0 amide bonds. The fraction of sp³-hybridized carbons (Fsp3) is 0.367. The summed E-state index contributed by atoms with van der Waals surface area (Å²) in [5.74, 6) is 2.13. The quantitative estimate of drug-likeness (QED) is 0.279. The van der Waals surface area contributed by atoms with Crippen molar-refractivity contribution >= 4 is 27.8 Å². The summed E-state index contributed by atoms with van der Waals surface area (Å²) in [7, 11) is 1.90. The lowest BCUT2D eigenvalue weighted by atomic mass is 9.57. The number of hydrogen-bond donors (Lipinski definition) is 0. The molecule has 0 fully saturated rings. The Balaban J connectivity index is 1.52. The number of anilines is 2. The van der Waals surface area contributed by atoms with E-state index in [-0.39, 0.29) is 5.97 Å². The van der Waals surface area contributed by atoms with Crippen molar-refractivity contribution in [1.29, 1.82) is 0 Å². The molecule has 1 aliphatic heterocycles. The number of esters is 1. The highest BCUT2D eigenvalue weighted by Gasteiger charge is 2.59. The van der Waals surface area contributed by atoms with E-state index < -0.39 is 16.4 Å². The molecule has 0 aromatic heterocycles. The number of carbonyl (C=O) groups excluding carboxylic acids is 1. The third kappa shape index (κ3) is 4.62. The van der Waals surface area contributed by atoms with Crippen molar-refractivity contribution in [3.05, 3.63) is 78.4 Å². The van der Waals surface area contributed by atoms with Crippen LogP contribution in [-0.4, -0.2) is 36.7 Å². The van der Waals surface area contributed by atoms with Crippen LogP contribution in [-0.2, 0) is 19.6 Å². The molecule has 3 aromatic rings. The Hall–Kier alpha value is -3.29. The van der Waals surface area contributed by atoms with E-state index in [0.29, 0.717) is 23.6 Å². The number of methoxy groups -OCH3 is 1. The van der Waals surface area contributed by atoms with Crippen molar-refractivity contribution in [3.63, 3.8) is 0 Å². The van der Waals surface area contributed by atoms with Gasteiger partial charge in [0.2, 0.25) is 0 Å². The Kier molecular flexibility index (Phi) is 7.40. The Morgan fingerprint density at radius 2 is 1.41 bits per heavy atom. The summed E-state index contributed by atoms with van der Waals surface area (Å²) in [6.45, 7) is 11.2. The highest BCUT2D eigenvalue weighted by molar-refractivity contribution is 5.98. The Morgan fingerprint density at radius 1 is 0.865 bits per heavy atom. The average Bonchev–Trinajstić information content (AvgIpc) is 2.90. The van der Waals surface area contributed by atoms with E-state index in [1.54, 1.807) is 0 Å². The average molecular weight is 520 g/mol. The monoisotopic (exact) mass is 519 g/mol. The number of nitrogens with zero attached hydrogens (tertiary/aromatic N) is 1. The molecule has 0 saturated heterocycles. The van der Waals surface area contributed by atoms with Crippen LogP contribution in [0.15, 0.2) is 72.8 Å². The molecule has 4 rings (SSSR count). The highest BCUT2D eigenvalue weighted by atomic mass is 28.2. The second-order valence-electron chi connectivity index (χ2n) is 10.7. The minimum Gasteiger partial charge on any atom is -0.492 e. The minimum absolute atomic E-state index is 0.287. The number of hydrogen-bond acceptors (Lipinski definition) is 6. The number of carbonyl (C=O) groups is 1. The van der Waals surface area contributed by atoms with E-state index in [1.165, 1.54) is 7.11 Å². The van der Waals surface area contributed by atoms with Crippen LogP contribution in [0.2, 0.25) is 0 Å². The topological polar surface area (TPSA) is 57.2 Å². The molecule has 0 aliphatic carbocycles. The van der Waals surface area contributed by atoms with Crippen LogP contribution in [0.3, 0.4) is 0 Å². The molecule has 7 heteroatoms. The lowest BCUT2D eigenvalue weighted by Crippen LogP contribution is -2.56. The van der Waals surface area contributed by atoms with Crippen molar-refractivity contribution in [1.82, 2.24) is 0 Å².